The lowest BCUT2D eigenvalue weighted by atomic mass is 10.0. The zero-order valence-corrected chi connectivity index (χ0v) is 42.5. The van der Waals surface area contributed by atoms with Crippen molar-refractivity contribution in [1.82, 2.24) is 16.0 Å². The van der Waals surface area contributed by atoms with E-state index in [1.807, 2.05) is 6.92 Å². The van der Waals surface area contributed by atoms with Gasteiger partial charge in [0.25, 0.3) is 5.91 Å². The number of ether oxygens (including phenoxy) is 12. The summed E-state index contributed by atoms with van der Waals surface area (Å²) in [6.07, 6.45) is 3.76. The smallest absolute Gasteiger partial charge is 0.256 e. The van der Waals surface area contributed by atoms with Crippen molar-refractivity contribution in [3.05, 3.63) is 0 Å². The standard InChI is InChI=1S/C46H84N4O18S/c1-4-18-59-25-16-48-43(54)14-24-68-39-46(37-66-21-12-40(51)8-6-19-60-29-27-57-2,38-67-22-13-41(52)9-7-20-61-30-28-58-3)49-44(55)15-23-62-31-33-64-35-36-65-34-32-63-26-17-47-42(53)10-5-11-45(56)50-69/h4-39H2,1-3H3,(H,47,53)(H,48,54)(H,49,55). The quantitative estimate of drug-likeness (QED) is 0.0732. The predicted molar refractivity (Wildman–Crippen MR) is 255 cm³/mol. The van der Waals surface area contributed by atoms with Crippen molar-refractivity contribution in [3.8, 4) is 0 Å². The van der Waals surface area contributed by atoms with Crippen LogP contribution in [0.5, 0.6) is 0 Å². The summed E-state index contributed by atoms with van der Waals surface area (Å²) in [5.41, 5.74) is -1.24. The molecule has 0 aromatic carbocycles. The van der Waals surface area contributed by atoms with Gasteiger partial charge in [-0.1, -0.05) is 6.92 Å². The molecule has 0 atom stereocenters. The van der Waals surface area contributed by atoms with Gasteiger partial charge < -0.3 is 72.8 Å². The molecule has 0 aliphatic heterocycles. The first kappa shape index (κ1) is 66.0. The van der Waals surface area contributed by atoms with E-state index in [9.17, 15) is 28.8 Å². The maximum atomic E-state index is 13.4. The van der Waals surface area contributed by atoms with Gasteiger partial charge in [0.1, 0.15) is 17.1 Å². The monoisotopic (exact) mass is 1010 g/mol. The lowest BCUT2D eigenvalue weighted by Crippen LogP contribution is -2.59. The van der Waals surface area contributed by atoms with Crippen LogP contribution in [0.3, 0.4) is 0 Å². The molecule has 0 aliphatic carbocycles. The molecule has 0 rings (SSSR count). The van der Waals surface area contributed by atoms with Crippen LogP contribution in [0.15, 0.2) is 4.36 Å². The number of carbonyl (C=O) groups excluding carboxylic acids is 6. The largest absolute Gasteiger partial charge is 0.382 e. The van der Waals surface area contributed by atoms with Crippen LogP contribution < -0.4 is 16.0 Å². The normalized spacial score (nSPS) is 11.4. The fraction of sp³-hybridized carbons (Fsp3) is 0.870. The summed E-state index contributed by atoms with van der Waals surface area (Å²) < 4.78 is 69.5. The molecule has 0 radical (unpaired) electrons. The molecule has 23 heteroatoms. The van der Waals surface area contributed by atoms with Crippen LogP contribution in [0.25, 0.3) is 0 Å². The van der Waals surface area contributed by atoms with Crippen molar-refractivity contribution in [2.45, 2.75) is 89.5 Å². The third kappa shape index (κ3) is 45.8. The van der Waals surface area contributed by atoms with Crippen LogP contribution in [0.4, 0.5) is 0 Å². The highest BCUT2D eigenvalue weighted by Crippen LogP contribution is 2.12. The molecule has 402 valence electrons. The number of Topliss-reactive ketones (excluding diaryl/α,β-unsaturated/α-hetero) is 2. The lowest BCUT2D eigenvalue weighted by molar-refractivity contribution is -0.131. The molecule has 0 spiro atoms. The Morgan fingerprint density at radius 2 is 0.797 bits per heavy atom. The summed E-state index contributed by atoms with van der Waals surface area (Å²) >= 11 is 4.32. The number of amides is 4. The van der Waals surface area contributed by atoms with Crippen molar-refractivity contribution in [2.75, 3.05) is 173 Å². The van der Waals surface area contributed by atoms with Crippen LogP contribution >= 0.6 is 0 Å². The van der Waals surface area contributed by atoms with Gasteiger partial charge in [0.05, 0.1) is 126 Å². The van der Waals surface area contributed by atoms with Crippen LogP contribution in [0.2, 0.25) is 0 Å². The van der Waals surface area contributed by atoms with Gasteiger partial charge in [-0.05, 0) is 25.7 Å². The SMILES string of the molecule is CCCOCCNC(=O)CCOCC(COCCC(=O)CCCOCCOC)(COCCC(=O)CCCOCCOC)NC(=O)CCOCCOCCOCCOCCNC(=O)CCCC(=O)N=S. The Morgan fingerprint density at radius 3 is 1.28 bits per heavy atom. The number of nitrogens with one attached hydrogen (secondary N) is 3. The number of ketones is 2. The number of carbonyl (C=O) groups is 6. The molecule has 4 amide bonds. The van der Waals surface area contributed by atoms with Gasteiger partial charge >= 0.3 is 0 Å². The molecule has 0 heterocycles. The fourth-order valence-electron chi connectivity index (χ4n) is 5.73. The van der Waals surface area contributed by atoms with E-state index in [1.165, 1.54) is 0 Å². The second kappa shape index (κ2) is 49.9. The van der Waals surface area contributed by atoms with Gasteiger partial charge in [0, 0.05) is 111 Å². The van der Waals surface area contributed by atoms with Gasteiger partial charge in [0.15, 0.2) is 0 Å². The number of hydrogen-bond donors (Lipinski definition) is 3. The van der Waals surface area contributed by atoms with E-state index in [1.54, 1.807) is 14.2 Å². The summed E-state index contributed by atoms with van der Waals surface area (Å²) in [7, 11) is 3.18. The first-order valence-electron chi connectivity index (χ1n) is 24.1. The Morgan fingerprint density at radius 1 is 0.406 bits per heavy atom. The van der Waals surface area contributed by atoms with E-state index in [-0.39, 0.29) is 127 Å². The number of methoxy groups -OCH3 is 2. The van der Waals surface area contributed by atoms with E-state index in [0.717, 1.165) is 6.42 Å². The van der Waals surface area contributed by atoms with E-state index in [2.05, 4.69) is 32.7 Å². The summed E-state index contributed by atoms with van der Waals surface area (Å²) in [5.74, 6) is -1.17. The zero-order chi connectivity index (χ0) is 50.7. The fourth-order valence-corrected chi connectivity index (χ4v) is 5.82. The number of hydrogen-bond acceptors (Lipinski definition) is 19. The Kier molecular flexibility index (Phi) is 47.7. The summed E-state index contributed by atoms with van der Waals surface area (Å²) in [4.78, 5) is 73.9. The van der Waals surface area contributed by atoms with Gasteiger partial charge in [-0.15, -0.1) is 4.36 Å². The first-order chi connectivity index (χ1) is 33.6. The average molecular weight is 1010 g/mol. The van der Waals surface area contributed by atoms with Gasteiger partial charge in [-0.2, -0.15) is 0 Å². The number of nitrogens with zero attached hydrogens (tertiary/aromatic N) is 1. The van der Waals surface area contributed by atoms with Gasteiger partial charge in [-0.25, -0.2) is 0 Å². The second-order valence-corrected chi connectivity index (χ2v) is 15.8. The van der Waals surface area contributed by atoms with Crippen molar-refractivity contribution in [1.29, 1.82) is 0 Å². The van der Waals surface area contributed by atoms with Crippen molar-refractivity contribution in [3.63, 3.8) is 0 Å². The highest BCUT2D eigenvalue weighted by molar-refractivity contribution is 7.47. The summed E-state index contributed by atoms with van der Waals surface area (Å²) in [6, 6.07) is 0. The second-order valence-electron chi connectivity index (χ2n) is 15.6. The molecular formula is C46H84N4O18S. The Bertz CT molecular complexity index is 1280. The number of rotatable bonds is 54. The molecule has 0 saturated heterocycles. The van der Waals surface area contributed by atoms with Gasteiger partial charge in [-0.3, -0.25) is 28.8 Å². The molecule has 0 aromatic heterocycles. The first-order valence-corrected chi connectivity index (χ1v) is 24.5. The molecule has 69 heavy (non-hydrogen) atoms. The van der Waals surface area contributed by atoms with Crippen molar-refractivity contribution >= 4 is 47.6 Å². The molecule has 22 nitrogen and oxygen atoms in total. The van der Waals surface area contributed by atoms with Crippen LogP contribution in [0.1, 0.15) is 84.0 Å². The van der Waals surface area contributed by atoms with Crippen LogP contribution in [-0.4, -0.2) is 213 Å². The maximum Gasteiger partial charge on any atom is 0.256 e. The lowest BCUT2D eigenvalue weighted by Gasteiger charge is -2.34. The Balaban J connectivity index is 5.10. The maximum absolute atomic E-state index is 13.4. The molecule has 0 fully saturated rings. The third-order valence-electron chi connectivity index (χ3n) is 9.39. The molecule has 3 N–H and O–H groups in total. The minimum absolute atomic E-state index is 0.00135. The molecule has 0 bridgehead atoms. The van der Waals surface area contributed by atoms with E-state index < -0.39 is 11.4 Å². The minimum Gasteiger partial charge on any atom is -0.382 e. The Hall–Kier alpha value is -3.04. The Labute approximate surface area is 414 Å². The highest BCUT2D eigenvalue weighted by atomic mass is 32.1. The van der Waals surface area contributed by atoms with Crippen LogP contribution in [-0.2, 0) is 98.0 Å². The minimum atomic E-state index is -1.24. The van der Waals surface area contributed by atoms with Crippen molar-refractivity contribution < 1.29 is 85.6 Å². The summed E-state index contributed by atoms with van der Waals surface area (Å²) in [5, 5.41) is 8.51. The molecule has 0 unspecified atom stereocenters. The van der Waals surface area contributed by atoms with E-state index >= 15 is 0 Å². The summed E-state index contributed by atoms with van der Waals surface area (Å²) in [6.45, 7) is 8.65. The van der Waals surface area contributed by atoms with E-state index in [0.29, 0.717) is 131 Å². The third-order valence-corrected chi connectivity index (χ3v) is 9.59. The predicted octanol–water partition coefficient (Wildman–Crippen LogP) is 1.63. The molecular weight excluding hydrogens is 929 g/mol. The molecule has 0 aromatic rings. The van der Waals surface area contributed by atoms with Crippen molar-refractivity contribution in [2.24, 2.45) is 4.36 Å². The van der Waals surface area contributed by atoms with Gasteiger partial charge in [0.2, 0.25) is 17.7 Å². The molecule has 0 aliphatic rings. The van der Waals surface area contributed by atoms with Crippen LogP contribution in [0, 0.1) is 0 Å². The topological polar surface area (TPSA) is 262 Å². The average Bonchev–Trinajstić information content (AvgIpc) is 3.33. The highest BCUT2D eigenvalue weighted by Gasteiger charge is 2.34. The van der Waals surface area contributed by atoms with E-state index in [4.69, 9.17) is 56.8 Å². The zero-order valence-electron chi connectivity index (χ0n) is 41.7. The molecule has 0 saturated carbocycles.